The topological polar surface area (TPSA) is 50.1 Å². The molecule has 5 heteroatoms. The Morgan fingerprint density at radius 1 is 1.09 bits per heavy atom. The minimum absolute atomic E-state index is 0.00438. The monoisotopic (exact) mass is 313 g/mol. The van der Waals surface area contributed by atoms with Crippen LogP contribution in [0, 0.1) is 0 Å². The van der Waals surface area contributed by atoms with Gasteiger partial charge in [0.05, 0.1) is 23.0 Å². The molecule has 0 saturated heterocycles. The van der Waals surface area contributed by atoms with Gasteiger partial charge in [-0.25, -0.2) is 4.68 Å². The van der Waals surface area contributed by atoms with Crippen molar-refractivity contribution in [3.8, 4) is 5.69 Å². The van der Waals surface area contributed by atoms with E-state index in [0.717, 1.165) is 22.5 Å². The minimum Gasteiger partial charge on any atom is -0.392 e. The standard InChI is InChI=1S/C17H16ClN3O/c18-16-7-4-14(12-22)10-17(16)19-11-13-2-5-15(6-3-13)21-9-1-8-20-21/h1-10,19,22H,11-12H2. The molecule has 0 aliphatic rings. The zero-order chi connectivity index (χ0) is 15.4. The van der Waals surface area contributed by atoms with E-state index in [1.165, 1.54) is 0 Å². The molecule has 0 amide bonds. The van der Waals surface area contributed by atoms with Crippen LogP contribution in [0.15, 0.2) is 60.9 Å². The van der Waals surface area contributed by atoms with Crippen LogP contribution in [0.4, 0.5) is 5.69 Å². The van der Waals surface area contributed by atoms with Gasteiger partial charge in [0.15, 0.2) is 0 Å². The molecule has 0 aliphatic heterocycles. The van der Waals surface area contributed by atoms with E-state index in [-0.39, 0.29) is 6.61 Å². The summed E-state index contributed by atoms with van der Waals surface area (Å²) >= 11 is 6.16. The van der Waals surface area contributed by atoms with E-state index in [2.05, 4.69) is 10.4 Å². The van der Waals surface area contributed by atoms with Crippen LogP contribution in [0.25, 0.3) is 5.69 Å². The Morgan fingerprint density at radius 2 is 1.86 bits per heavy atom. The van der Waals surface area contributed by atoms with E-state index in [1.807, 2.05) is 53.3 Å². The number of aliphatic hydroxyl groups is 1. The van der Waals surface area contributed by atoms with Gasteiger partial charge < -0.3 is 10.4 Å². The Kier molecular flexibility index (Phi) is 4.42. The summed E-state index contributed by atoms with van der Waals surface area (Å²) in [6, 6.07) is 15.5. The fourth-order valence-corrected chi connectivity index (χ4v) is 2.38. The van der Waals surface area contributed by atoms with Gasteiger partial charge in [0.2, 0.25) is 0 Å². The number of aromatic nitrogens is 2. The Bertz CT molecular complexity index is 739. The average molecular weight is 314 g/mol. The third kappa shape index (κ3) is 3.30. The summed E-state index contributed by atoms with van der Waals surface area (Å²) in [6.45, 7) is 0.665. The molecule has 0 saturated carbocycles. The van der Waals surface area contributed by atoms with Gasteiger partial charge in [-0.05, 0) is 41.5 Å². The molecule has 0 atom stereocenters. The SMILES string of the molecule is OCc1ccc(Cl)c(NCc2ccc(-n3cccn3)cc2)c1. The van der Waals surface area contributed by atoms with Crippen molar-refractivity contribution in [2.75, 3.05) is 5.32 Å². The smallest absolute Gasteiger partial charge is 0.0682 e. The molecule has 22 heavy (non-hydrogen) atoms. The highest BCUT2D eigenvalue weighted by Crippen LogP contribution is 2.23. The molecule has 2 N–H and O–H groups in total. The van der Waals surface area contributed by atoms with Gasteiger partial charge in [-0.3, -0.25) is 0 Å². The lowest BCUT2D eigenvalue weighted by atomic mass is 10.2. The number of hydrogen-bond acceptors (Lipinski definition) is 3. The Hall–Kier alpha value is -2.30. The highest BCUT2D eigenvalue weighted by molar-refractivity contribution is 6.33. The fourth-order valence-electron chi connectivity index (χ4n) is 2.19. The first-order valence-corrected chi connectivity index (χ1v) is 7.36. The normalized spacial score (nSPS) is 10.6. The number of aliphatic hydroxyl groups excluding tert-OH is 1. The zero-order valence-corrected chi connectivity index (χ0v) is 12.7. The van der Waals surface area contributed by atoms with Crippen LogP contribution in [0.5, 0.6) is 0 Å². The molecule has 1 aromatic heterocycles. The molecule has 2 aromatic carbocycles. The van der Waals surface area contributed by atoms with Crippen LogP contribution in [0.3, 0.4) is 0 Å². The maximum absolute atomic E-state index is 9.18. The lowest BCUT2D eigenvalue weighted by molar-refractivity contribution is 0.282. The van der Waals surface area contributed by atoms with E-state index in [4.69, 9.17) is 11.6 Å². The van der Waals surface area contributed by atoms with Crippen molar-refractivity contribution in [3.05, 3.63) is 77.1 Å². The first-order chi connectivity index (χ1) is 10.8. The summed E-state index contributed by atoms with van der Waals surface area (Å²) in [5.41, 5.74) is 3.82. The largest absolute Gasteiger partial charge is 0.392 e. The number of hydrogen-bond donors (Lipinski definition) is 2. The second-order valence-corrected chi connectivity index (χ2v) is 5.35. The molecule has 3 rings (SSSR count). The Morgan fingerprint density at radius 3 is 2.55 bits per heavy atom. The summed E-state index contributed by atoms with van der Waals surface area (Å²) < 4.78 is 1.82. The molecule has 112 valence electrons. The van der Waals surface area contributed by atoms with Crippen molar-refractivity contribution in [2.45, 2.75) is 13.2 Å². The van der Waals surface area contributed by atoms with Crippen LogP contribution < -0.4 is 5.32 Å². The summed E-state index contributed by atoms with van der Waals surface area (Å²) in [5, 5.41) is 17.3. The molecule has 1 heterocycles. The van der Waals surface area contributed by atoms with Gasteiger partial charge in [-0.1, -0.05) is 29.8 Å². The zero-order valence-electron chi connectivity index (χ0n) is 11.9. The number of benzene rings is 2. The number of nitrogens with one attached hydrogen (secondary N) is 1. The average Bonchev–Trinajstić information content (AvgIpc) is 3.09. The second-order valence-electron chi connectivity index (χ2n) is 4.94. The molecular formula is C17H16ClN3O. The molecule has 0 unspecified atom stereocenters. The second kappa shape index (κ2) is 6.64. The quantitative estimate of drug-likeness (QED) is 0.756. The lowest BCUT2D eigenvalue weighted by Gasteiger charge is -2.10. The first-order valence-electron chi connectivity index (χ1n) is 6.98. The molecule has 0 radical (unpaired) electrons. The summed E-state index contributed by atoms with van der Waals surface area (Å²) in [7, 11) is 0. The predicted octanol–water partition coefficient (Wildman–Crippen LogP) is 3.63. The van der Waals surface area contributed by atoms with E-state index in [1.54, 1.807) is 12.3 Å². The molecule has 4 nitrogen and oxygen atoms in total. The third-order valence-corrected chi connectivity index (χ3v) is 3.73. The summed E-state index contributed by atoms with van der Waals surface area (Å²) in [4.78, 5) is 0. The van der Waals surface area contributed by atoms with Gasteiger partial charge in [-0.15, -0.1) is 0 Å². The van der Waals surface area contributed by atoms with Crippen molar-refractivity contribution in [1.82, 2.24) is 9.78 Å². The van der Waals surface area contributed by atoms with E-state index < -0.39 is 0 Å². The summed E-state index contributed by atoms with van der Waals surface area (Å²) in [6.07, 6.45) is 3.67. The summed E-state index contributed by atoms with van der Waals surface area (Å²) in [5.74, 6) is 0. The van der Waals surface area contributed by atoms with Crippen molar-refractivity contribution in [2.24, 2.45) is 0 Å². The van der Waals surface area contributed by atoms with Crippen molar-refractivity contribution >= 4 is 17.3 Å². The third-order valence-electron chi connectivity index (χ3n) is 3.40. The van der Waals surface area contributed by atoms with Crippen LogP contribution in [0.1, 0.15) is 11.1 Å². The molecule has 3 aromatic rings. The molecular weight excluding hydrogens is 298 g/mol. The van der Waals surface area contributed by atoms with Crippen LogP contribution in [-0.2, 0) is 13.2 Å². The lowest BCUT2D eigenvalue weighted by Crippen LogP contribution is -2.01. The maximum Gasteiger partial charge on any atom is 0.0682 e. The van der Waals surface area contributed by atoms with Crippen molar-refractivity contribution < 1.29 is 5.11 Å². The van der Waals surface area contributed by atoms with E-state index >= 15 is 0 Å². The molecule has 0 spiro atoms. The van der Waals surface area contributed by atoms with Gasteiger partial charge in [0, 0.05) is 18.9 Å². The predicted molar refractivity (Wildman–Crippen MR) is 88.3 cm³/mol. The first kappa shape index (κ1) is 14.6. The maximum atomic E-state index is 9.18. The number of rotatable bonds is 5. The van der Waals surface area contributed by atoms with Gasteiger partial charge in [-0.2, -0.15) is 5.10 Å². The fraction of sp³-hybridized carbons (Fsp3) is 0.118. The molecule has 0 fully saturated rings. The highest BCUT2D eigenvalue weighted by atomic mass is 35.5. The molecule has 0 aliphatic carbocycles. The van der Waals surface area contributed by atoms with Crippen molar-refractivity contribution in [3.63, 3.8) is 0 Å². The Balaban J connectivity index is 1.69. The van der Waals surface area contributed by atoms with Gasteiger partial charge in [0.25, 0.3) is 0 Å². The van der Waals surface area contributed by atoms with E-state index in [9.17, 15) is 5.11 Å². The minimum atomic E-state index is 0.00438. The van der Waals surface area contributed by atoms with Crippen molar-refractivity contribution in [1.29, 1.82) is 0 Å². The van der Waals surface area contributed by atoms with Crippen LogP contribution in [0.2, 0.25) is 5.02 Å². The van der Waals surface area contributed by atoms with Gasteiger partial charge in [0.1, 0.15) is 0 Å². The number of halogens is 1. The van der Waals surface area contributed by atoms with Crippen LogP contribution >= 0.6 is 11.6 Å². The molecule has 0 bridgehead atoms. The Labute approximate surface area is 134 Å². The van der Waals surface area contributed by atoms with Crippen LogP contribution in [-0.4, -0.2) is 14.9 Å². The highest BCUT2D eigenvalue weighted by Gasteiger charge is 2.02. The number of nitrogens with zero attached hydrogens (tertiary/aromatic N) is 2. The van der Waals surface area contributed by atoms with Gasteiger partial charge >= 0.3 is 0 Å². The van der Waals surface area contributed by atoms with E-state index in [0.29, 0.717) is 11.6 Å². The number of anilines is 1.